The number of hydrogen-bond donors (Lipinski definition) is 1. The Morgan fingerprint density at radius 2 is 1.79 bits per heavy atom. The summed E-state index contributed by atoms with van der Waals surface area (Å²) in [5.41, 5.74) is 3.11. The number of para-hydroxylation sites is 2. The summed E-state index contributed by atoms with van der Waals surface area (Å²) in [5, 5.41) is 3.25. The zero-order chi connectivity index (χ0) is 26.2. The molecular weight excluding hydrogens is 499 g/mol. The van der Waals surface area contributed by atoms with Crippen LogP contribution < -0.4 is 5.32 Å². The van der Waals surface area contributed by atoms with Gasteiger partial charge in [-0.25, -0.2) is 9.37 Å². The Balaban J connectivity index is 1.15. The minimum absolute atomic E-state index is 0.0140. The number of nitrogens with one attached hydrogen (secondary N) is 1. The lowest BCUT2D eigenvalue weighted by Crippen LogP contribution is -2.45. The second kappa shape index (κ2) is 10.9. The Kier molecular flexibility index (Phi) is 7.36. The van der Waals surface area contributed by atoms with Gasteiger partial charge in [0.2, 0.25) is 5.91 Å². The Morgan fingerprint density at radius 1 is 1.05 bits per heavy atom. The number of aryl methyl sites for hydroxylation is 1. The van der Waals surface area contributed by atoms with Crippen molar-refractivity contribution in [1.82, 2.24) is 19.8 Å². The molecule has 0 spiro atoms. The molecule has 4 atom stereocenters. The smallest absolute Gasteiger partial charge is 0.223 e. The lowest BCUT2D eigenvalue weighted by atomic mass is 9.94. The summed E-state index contributed by atoms with van der Waals surface area (Å²) < 4.78 is 28.4. The fourth-order valence-electron chi connectivity index (χ4n) is 7.12. The summed E-state index contributed by atoms with van der Waals surface area (Å²) in [5.74, 6) is 1.89. The third-order valence-electron chi connectivity index (χ3n) is 9.00. The highest BCUT2D eigenvalue weighted by molar-refractivity contribution is 7.85. The molecule has 2 aromatic carbocycles. The Hall–Kier alpha value is -2.58. The fraction of sp³-hybridized carbons (Fsp3) is 0.533. The number of rotatable bonds is 7. The highest BCUT2D eigenvalue weighted by Gasteiger charge is 2.42. The number of carbonyl (C=O) groups excluding carboxylic acids is 1. The van der Waals surface area contributed by atoms with Crippen molar-refractivity contribution in [1.29, 1.82) is 0 Å². The van der Waals surface area contributed by atoms with Gasteiger partial charge in [-0.15, -0.1) is 0 Å². The van der Waals surface area contributed by atoms with Crippen LogP contribution in [-0.2, 0) is 15.6 Å². The van der Waals surface area contributed by atoms with Gasteiger partial charge in [0.05, 0.1) is 17.1 Å². The van der Waals surface area contributed by atoms with E-state index < -0.39 is 10.8 Å². The van der Waals surface area contributed by atoms with E-state index in [1.807, 2.05) is 12.1 Å². The number of benzene rings is 2. The van der Waals surface area contributed by atoms with E-state index in [0.29, 0.717) is 42.5 Å². The van der Waals surface area contributed by atoms with E-state index in [-0.39, 0.29) is 23.7 Å². The molecule has 3 fully saturated rings. The van der Waals surface area contributed by atoms with Crippen molar-refractivity contribution in [2.75, 3.05) is 18.1 Å². The summed E-state index contributed by atoms with van der Waals surface area (Å²) in [7, 11) is -0.803. The van der Waals surface area contributed by atoms with Crippen LogP contribution in [0.15, 0.2) is 48.5 Å². The number of imidazole rings is 1. The summed E-state index contributed by atoms with van der Waals surface area (Å²) in [6.45, 7) is 2.99. The number of fused-ring (bicyclic) bond motifs is 3. The summed E-state index contributed by atoms with van der Waals surface area (Å²) in [4.78, 5) is 20.6. The van der Waals surface area contributed by atoms with Crippen molar-refractivity contribution in [3.63, 3.8) is 0 Å². The standard InChI is InChI=1S/C30H37FN4O2S/c1-20-32-28-7-2-3-8-29(28)35(20)26-18-24-9-10-25(19-26)34(24)14-11-27(22-5-4-6-23(31)17-22)33-30(36)21-12-15-38(37)16-13-21/h2-8,17,21,24-27H,9-16,18-19H2,1H3,(H,33,36)/t21?,24-,25+,26?,27-,38?/m0/s1. The van der Waals surface area contributed by atoms with Gasteiger partial charge in [0.25, 0.3) is 0 Å². The van der Waals surface area contributed by atoms with Gasteiger partial charge in [-0.05, 0) is 81.7 Å². The quantitative estimate of drug-likeness (QED) is 0.459. The highest BCUT2D eigenvalue weighted by atomic mass is 32.2. The molecule has 0 aliphatic carbocycles. The number of halogens is 1. The molecule has 6 rings (SSSR count). The number of nitrogens with zero attached hydrogens (tertiary/aromatic N) is 3. The number of carbonyl (C=O) groups is 1. The van der Waals surface area contributed by atoms with Gasteiger partial charge < -0.3 is 9.88 Å². The predicted molar refractivity (Wildman–Crippen MR) is 149 cm³/mol. The molecule has 1 amide bonds. The van der Waals surface area contributed by atoms with Gasteiger partial charge in [-0.3, -0.25) is 13.9 Å². The summed E-state index contributed by atoms with van der Waals surface area (Å²) in [6, 6.07) is 16.3. The van der Waals surface area contributed by atoms with Gasteiger partial charge in [0.15, 0.2) is 0 Å². The summed E-state index contributed by atoms with van der Waals surface area (Å²) in [6.07, 6.45) is 6.68. The molecule has 8 heteroatoms. The maximum Gasteiger partial charge on any atom is 0.223 e. The van der Waals surface area contributed by atoms with E-state index in [9.17, 15) is 13.4 Å². The minimum Gasteiger partial charge on any atom is -0.349 e. The Morgan fingerprint density at radius 3 is 2.53 bits per heavy atom. The van der Waals surface area contributed by atoms with Crippen LogP contribution in [0.1, 0.15) is 68.4 Å². The molecule has 1 aromatic heterocycles. The van der Waals surface area contributed by atoms with E-state index in [0.717, 1.165) is 42.7 Å². The van der Waals surface area contributed by atoms with Crippen molar-refractivity contribution in [3.8, 4) is 0 Å². The van der Waals surface area contributed by atoms with E-state index in [4.69, 9.17) is 4.98 Å². The lowest BCUT2D eigenvalue weighted by Gasteiger charge is -2.40. The zero-order valence-electron chi connectivity index (χ0n) is 22.0. The topological polar surface area (TPSA) is 67.2 Å². The van der Waals surface area contributed by atoms with E-state index in [1.165, 1.54) is 24.4 Å². The average Bonchev–Trinajstić information content (AvgIpc) is 3.37. The van der Waals surface area contributed by atoms with Crippen molar-refractivity contribution in [3.05, 3.63) is 65.7 Å². The maximum absolute atomic E-state index is 14.1. The van der Waals surface area contributed by atoms with Crippen LogP contribution in [0.25, 0.3) is 11.0 Å². The minimum atomic E-state index is -0.803. The number of piperidine rings is 1. The van der Waals surface area contributed by atoms with Crippen molar-refractivity contribution >= 4 is 27.7 Å². The van der Waals surface area contributed by atoms with Crippen LogP contribution in [0.3, 0.4) is 0 Å². The van der Waals surface area contributed by atoms with Crippen LogP contribution in [0.5, 0.6) is 0 Å². The van der Waals surface area contributed by atoms with E-state index in [2.05, 4.69) is 39.9 Å². The van der Waals surface area contributed by atoms with Crippen molar-refractivity contribution < 1.29 is 13.4 Å². The molecule has 3 aliphatic rings. The van der Waals surface area contributed by atoms with Crippen molar-refractivity contribution in [2.45, 2.75) is 76.0 Å². The SMILES string of the molecule is Cc1nc2ccccc2n1C1C[C@H]2CC[C@@H](C1)N2CC[C@H](NC(=O)C1CCS(=O)CC1)c1cccc(F)c1. The molecule has 4 heterocycles. The van der Waals surface area contributed by atoms with E-state index in [1.54, 1.807) is 12.1 Å². The number of aromatic nitrogens is 2. The Labute approximate surface area is 226 Å². The van der Waals surface area contributed by atoms with E-state index >= 15 is 0 Å². The van der Waals surface area contributed by atoms with Gasteiger partial charge in [0.1, 0.15) is 11.6 Å². The lowest BCUT2D eigenvalue weighted by molar-refractivity contribution is -0.126. The van der Waals surface area contributed by atoms with Crippen LogP contribution in [0.2, 0.25) is 0 Å². The average molecular weight is 537 g/mol. The molecule has 2 bridgehead atoms. The normalized spacial score (nSPS) is 28.4. The first kappa shape index (κ1) is 25.7. The number of hydrogen-bond acceptors (Lipinski definition) is 4. The molecule has 202 valence electrons. The fourth-order valence-corrected chi connectivity index (χ4v) is 8.42. The molecule has 6 nitrogen and oxygen atoms in total. The molecule has 0 saturated carbocycles. The van der Waals surface area contributed by atoms with Gasteiger partial charge in [-0.1, -0.05) is 24.3 Å². The van der Waals surface area contributed by atoms with Gasteiger partial charge in [0, 0.05) is 52.9 Å². The summed E-state index contributed by atoms with van der Waals surface area (Å²) >= 11 is 0. The molecule has 3 aromatic rings. The van der Waals surface area contributed by atoms with Gasteiger partial charge in [-0.2, -0.15) is 0 Å². The molecular formula is C30H37FN4O2S. The molecule has 3 saturated heterocycles. The highest BCUT2D eigenvalue weighted by Crippen LogP contribution is 2.42. The third-order valence-corrected chi connectivity index (χ3v) is 10.4. The first-order valence-electron chi connectivity index (χ1n) is 14.1. The van der Waals surface area contributed by atoms with Crippen LogP contribution in [0.4, 0.5) is 4.39 Å². The second-order valence-electron chi connectivity index (χ2n) is 11.3. The Bertz CT molecular complexity index is 1320. The number of amides is 1. The maximum atomic E-state index is 14.1. The van der Waals surface area contributed by atoms with Gasteiger partial charge >= 0.3 is 0 Å². The van der Waals surface area contributed by atoms with Crippen LogP contribution in [-0.4, -0.2) is 54.7 Å². The predicted octanol–water partition coefficient (Wildman–Crippen LogP) is 5.06. The largest absolute Gasteiger partial charge is 0.349 e. The molecule has 1 N–H and O–H groups in total. The molecule has 0 radical (unpaired) electrons. The first-order chi connectivity index (χ1) is 18.5. The third kappa shape index (κ3) is 5.17. The second-order valence-corrected chi connectivity index (χ2v) is 13.0. The first-order valence-corrected chi connectivity index (χ1v) is 15.5. The van der Waals surface area contributed by atoms with Crippen molar-refractivity contribution in [2.24, 2.45) is 5.92 Å². The zero-order valence-corrected chi connectivity index (χ0v) is 22.8. The molecule has 38 heavy (non-hydrogen) atoms. The molecule has 1 unspecified atom stereocenters. The van der Waals surface area contributed by atoms with Crippen LogP contribution in [0, 0.1) is 18.7 Å². The monoisotopic (exact) mass is 536 g/mol. The van der Waals surface area contributed by atoms with Crippen LogP contribution >= 0.6 is 0 Å². The molecule has 3 aliphatic heterocycles.